The van der Waals surface area contributed by atoms with Crippen LogP contribution in [0.3, 0.4) is 0 Å². The Bertz CT molecular complexity index is 1600. The largest absolute Gasteiger partial charge is 0.339 e. The van der Waals surface area contributed by atoms with E-state index in [0.717, 1.165) is 72.7 Å². The first-order valence-electron chi connectivity index (χ1n) is 12.2. The lowest BCUT2D eigenvalue weighted by Gasteiger charge is -2.10. The van der Waals surface area contributed by atoms with Crippen LogP contribution in [-0.2, 0) is 0 Å². The third-order valence-corrected chi connectivity index (χ3v) is 7.56. The maximum absolute atomic E-state index is 5.17. The summed E-state index contributed by atoms with van der Waals surface area (Å²) in [4.78, 5) is 13.8. The van der Waals surface area contributed by atoms with E-state index in [-0.39, 0.29) is 0 Å². The van der Waals surface area contributed by atoms with Gasteiger partial charge in [-0.25, -0.2) is 9.98 Å². The number of aliphatic imine (C=N–C) groups is 2. The predicted octanol–water partition coefficient (Wildman–Crippen LogP) is 9.61. The number of H-pyrrole nitrogens is 1. The van der Waals surface area contributed by atoms with Gasteiger partial charge >= 0.3 is 0 Å². The summed E-state index contributed by atoms with van der Waals surface area (Å²) in [6.07, 6.45) is 10.7. The molecule has 3 nitrogen and oxygen atoms in total. The number of rotatable bonds is 5. The molecule has 0 saturated heterocycles. The van der Waals surface area contributed by atoms with Crippen LogP contribution in [-0.4, -0.2) is 16.5 Å². The van der Waals surface area contributed by atoms with E-state index in [9.17, 15) is 0 Å². The topological polar surface area (TPSA) is 40.5 Å². The van der Waals surface area contributed by atoms with Gasteiger partial charge in [0.1, 0.15) is 5.82 Å². The Kier molecular flexibility index (Phi) is 6.73. The molecular formula is C32H23Br2N3. The van der Waals surface area contributed by atoms with Crippen LogP contribution in [0.15, 0.2) is 139 Å². The van der Waals surface area contributed by atoms with Crippen molar-refractivity contribution in [3.05, 3.63) is 135 Å². The zero-order valence-corrected chi connectivity index (χ0v) is 23.1. The first kappa shape index (κ1) is 23.8. The minimum absolute atomic E-state index is 0.737. The molecule has 2 aliphatic rings. The van der Waals surface area contributed by atoms with Crippen molar-refractivity contribution in [2.45, 2.75) is 12.8 Å². The van der Waals surface area contributed by atoms with Gasteiger partial charge in [-0.05, 0) is 65.9 Å². The quantitative estimate of drug-likeness (QED) is 0.234. The highest BCUT2D eigenvalue weighted by Crippen LogP contribution is 2.37. The van der Waals surface area contributed by atoms with Crippen LogP contribution < -0.4 is 0 Å². The molecule has 180 valence electrons. The van der Waals surface area contributed by atoms with Crippen LogP contribution in [0.2, 0.25) is 0 Å². The Morgan fingerprint density at radius 1 is 0.784 bits per heavy atom. The fourth-order valence-corrected chi connectivity index (χ4v) is 5.11. The Balaban J connectivity index is 1.49. The molecule has 0 spiro atoms. The smallest absolute Gasteiger partial charge is 0.162 e. The molecule has 3 aromatic carbocycles. The van der Waals surface area contributed by atoms with Gasteiger partial charge in [0.15, 0.2) is 5.84 Å². The van der Waals surface area contributed by atoms with Crippen molar-refractivity contribution in [1.29, 1.82) is 0 Å². The molecule has 0 fully saturated rings. The van der Waals surface area contributed by atoms with Gasteiger partial charge in [-0.2, -0.15) is 0 Å². The highest BCUT2D eigenvalue weighted by atomic mass is 79.9. The van der Waals surface area contributed by atoms with E-state index in [1.54, 1.807) is 0 Å². The molecule has 0 saturated carbocycles. The maximum Gasteiger partial charge on any atom is 0.162 e. The second-order valence-electron chi connectivity index (χ2n) is 8.97. The molecule has 1 aromatic heterocycles. The van der Waals surface area contributed by atoms with E-state index in [0.29, 0.717) is 0 Å². The van der Waals surface area contributed by atoms with E-state index in [4.69, 9.17) is 9.98 Å². The fraction of sp³-hybridized carbons (Fsp3) is 0.0625. The van der Waals surface area contributed by atoms with Gasteiger partial charge in [-0.15, -0.1) is 0 Å². The van der Waals surface area contributed by atoms with E-state index in [1.807, 2.05) is 18.2 Å². The molecule has 0 radical (unpaired) electrons. The Labute approximate surface area is 233 Å². The van der Waals surface area contributed by atoms with Crippen molar-refractivity contribution in [3.8, 4) is 22.4 Å². The van der Waals surface area contributed by atoms with Crippen LogP contribution in [0.4, 0.5) is 5.82 Å². The summed E-state index contributed by atoms with van der Waals surface area (Å²) in [7, 11) is 0. The van der Waals surface area contributed by atoms with Gasteiger partial charge in [0.2, 0.25) is 0 Å². The third-order valence-electron chi connectivity index (χ3n) is 6.50. The molecule has 0 amide bonds. The number of nitrogens with one attached hydrogen (secondary N) is 1. The summed E-state index contributed by atoms with van der Waals surface area (Å²) in [5, 5.41) is 0. The van der Waals surface area contributed by atoms with Gasteiger partial charge in [0, 0.05) is 31.3 Å². The molecule has 0 atom stereocenters. The van der Waals surface area contributed by atoms with Crippen molar-refractivity contribution in [2.75, 3.05) is 0 Å². The fourth-order valence-electron chi connectivity index (χ4n) is 4.59. The molecule has 2 heterocycles. The van der Waals surface area contributed by atoms with Gasteiger partial charge in [-0.3, -0.25) is 0 Å². The zero-order chi connectivity index (χ0) is 25.2. The number of hydrogen-bond donors (Lipinski definition) is 1. The first-order chi connectivity index (χ1) is 18.1. The highest BCUT2D eigenvalue weighted by Gasteiger charge is 2.22. The molecule has 1 aliphatic carbocycles. The molecular weight excluding hydrogens is 586 g/mol. The molecule has 37 heavy (non-hydrogen) atoms. The molecule has 6 rings (SSSR count). The number of benzene rings is 3. The van der Waals surface area contributed by atoms with Crippen LogP contribution in [0, 0.1) is 0 Å². The Morgan fingerprint density at radius 3 is 2.16 bits per heavy atom. The molecule has 0 unspecified atom stereocenters. The molecule has 0 bridgehead atoms. The number of allylic oxidation sites excluding steroid dienone is 4. The summed E-state index contributed by atoms with van der Waals surface area (Å²) >= 11 is 7.08. The van der Waals surface area contributed by atoms with Gasteiger partial charge in [0.05, 0.1) is 5.71 Å². The average molecular weight is 609 g/mol. The first-order valence-corrected chi connectivity index (χ1v) is 13.8. The van der Waals surface area contributed by atoms with E-state index < -0.39 is 0 Å². The van der Waals surface area contributed by atoms with E-state index in [2.05, 4.69) is 128 Å². The molecule has 1 aliphatic heterocycles. The van der Waals surface area contributed by atoms with Crippen molar-refractivity contribution >= 4 is 49.2 Å². The van der Waals surface area contributed by atoms with Crippen LogP contribution >= 0.6 is 31.9 Å². The minimum Gasteiger partial charge on any atom is -0.339 e. The van der Waals surface area contributed by atoms with Gasteiger partial charge in [-0.1, -0.05) is 105 Å². The summed E-state index contributed by atoms with van der Waals surface area (Å²) < 4.78 is 2.10. The average Bonchev–Trinajstić information content (AvgIpc) is 3.56. The summed E-state index contributed by atoms with van der Waals surface area (Å²) in [5.74, 6) is 1.54. The second-order valence-corrected chi connectivity index (χ2v) is 10.8. The number of amidine groups is 1. The van der Waals surface area contributed by atoms with Crippen molar-refractivity contribution < 1.29 is 0 Å². The number of halogens is 2. The summed E-state index contributed by atoms with van der Waals surface area (Å²) in [6.45, 7) is 0. The SMILES string of the molecule is Brc1ccc(C2=N/C(=N\c3[nH]c(-c4ccc(Br)cc4)cc3-c3ccccc3)C(C3=CC=CCC3)=C2)cc1. The van der Waals surface area contributed by atoms with E-state index >= 15 is 0 Å². The second kappa shape index (κ2) is 10.4. The Hall–Kier alpha value is -3.54. The van der Waals surface area contributed by atoms with Gasteiger partial charge in [0.25, 0.3) is 0 Å². The molecule has 1 N–H and O–H groups in total. The summed E-state index contributed by atoms with van der Waals surface area (Å²) in [6, 6.07) is 29.2. The van der Waals surface area contributed by atoms with E-state index in [1.165, 1.54) is 5.57 Å². The number of nitrogens with zero attached hydrogens (tertiary/aromatic N) is 2. The number of aromatic nitrogens is 1. The predicted molar refractivity (Wildman–Crippen MR) is 162 cm³/mol. The monoisotopic (exact) mass is 607 g/mol. The Morgan fingerprint density at radius 2 is 1.49 bits per heavy atom. The van der Waals surface area contributed by atoms with Crippen molar-refractivity contribution in [2.24, 2.45) is 9.98 Å². The lowest BCUT2D eigenvalue weighted by Crippen LogP contribution is -2.01. The minimum atomic E-state index is 0.737. The van der Waals surface area contributed by atoms with Gasteiger partial charge < -0.3 is 4.98 Å². The molecule has 5 heteroatoms. The summed E-state index contributed by atoms with van der Waals surface area (Å²) in [5.41, 5.74) is 8.64. The lowest BCUT2D eigenvalue weighted by molar-refractivity contribution is 0.982. The number of hydrogen-bond acceptors (Lipinski definition) is 1. The van der Waals surface area contributed by atoms with Crippen LogP contribution in [0.25, 0.3) is 22.4 Å². The third kappa shape index (κ3) is 5.15. The van der Waals surface area contributed by atoms with Crippen molar-refractivity contribution in [1.82, 2.24) is 4.98 Å². The lowest BCUT2D eigenvalue weighted by atomic mass is 9.96. The molecule has 4 aromatic rings. The maximum atomic E-state index is 5.17. The standard InChI is InChI=1S/C32H23Br2N3/c33-25-15-11-23(12-16-25)29-19-27(21-7-3-1-4-8-21)31(35-29)37-32-28(22-9-5-2-6-10-22)20-30(36-32)24-13-17-26(34)18-14-24/h1-5,7-9,11-20,35H,6,10H2/b37-32-. The highest BCUT2D eigenvalue weighted by molar-refractivity contribution is 9.10. The number of aromatic amines is 1. The van der Waals surface area contributed by atoms with Crippen molar-refractivity contribution in [3.63, 3.8) is 0 Å². The zero-order valence-electron chi connectivity index (χ0n) is 20.0. The normalized spacial score (nSPS) is 16.1. The van der Waals surface area contributed by atoms with Crippen LogP contribution in [0.5, 0.6) is 0 Å². The van der Waals surface area contributed by atoms with Crippen LogP contribution in [0.1, 0.15) is 18.4 Å².